The fourth-order valence-corrected chi connectivity index (χ4v) is 3.89. The quantitative estimate of drug-likeness (QED) is 0.927. The van der Waals surface area contributed by atoms with Crippen molar-refractivity contribution in [3.63, 3.8) is 0 Å². The summed E-state index contributed by atoms with van der Waals surface area (Å²) in [5, 5.41) is 0. The molecule has 0 aromatic heterocycles. The maximum absolute atomic E-state index is 6.34. The van der Waals surface area contributed by atoms with E-state index in [4.69, 9.17) is 5.73 Å². The predicted molar refractivity (Wildman–Crippen MR) is 89.6 cm³/mol. The van der Waals surface area contributed by atoms with Crippen LogP contribution in [-0.2, 0) is 0 Å². The molecule has 0 radical (unpaired) electrons. The molecule has 1 saturated carbocycles. The number of nitrogens with two attached hydrogens (primary N) is 1. The van der Waals surface area contributed by atoms with E-state index in [0.717, 1.165) is 19.0 Å². The molecule has 1 saturated heterocycles. The first kappa shape index (κ1) is 14.9. The van der Waals surface area contributed by atoms with E-state index >= 15 is 0 Å². The van der Waals surface area contributed by atoms with Gasteiger partial charge in [-0.05, 0) is 43.2 Å². The van der Waals surface area contributed by atoms with Crippen LogP contribution in [0.3, 0.4) is 0 Å². The molecule has 2 aliphatic rings. The molecule has 116 valence electrons. The summed E-state index contributed by atoms with van der Waals surface area (Å²) in [5.41, 5.74) is 7.70. The number of rotatable bonds is 3. The molecule has 0 bridgehead atoms. The lowest BCUT2D eigenvalue weighted by Crippen LogP contribution is -2.50. The molecule has 2 N–H and O–H groups in total. The number of piperazine rings is 1. The van der Waals surface area contributed by atoms with Crippen molar-refractivity contribution in [1.82, 2.24) is 4.90 Å². The lowest BCUT2D eigenvalue weighted by Gasteiger charge is -2.40. The Bertz CT molecular complexity index is 425. The average molecular weight is 287 g/mol. The summed E-state index contributed by atoms with van der Waals surface area (Å²) in [5.74, 6) is 1.57. The highest BCUT2D eigenvalue weighted by Gasteiger charge is 2.28. The minimum atomic E-state index is 0.424. The number of para-hydroxylation sites is 1. The van der Waals surface area contributed by atoms with Gasteiger partial charge in [-0.15, -0.1) is 0 Å². The molecule has 1 heterocycles. The molecule has 1 aromatic rings. The second kappa shape index (κ2) is 6.80. The molecule has 1 aromatic carbocycles. The van der Waals surface area contributed by atoms with Gasteiger partial charge in [-0.3, -0.25) is 4.90 Å². The summed E-state index contributed by atoms with van der Waals surface area (Å²) in [4.78, 5) is 5.13. The van der Waals surface area contributed by atoms with Gasteiger partial charge < -0.3 is 10.6 Å². The van der Waals surface area contributed by atoms with Crippen LogP contribution < -0.4 is 10.6 Å². The van der Waals surface area contributed by atoms with Crippen molar-refractivity contribution in [2.24, 2.45) is 17.6 Å². The Morgan fingerprint density at radius 1 is 1.05 bits per heavy atom. The lowest BCUT2D eigenvalue weighted by molar-refractivity contribution is 0.156. The molecule has 3 nitrogen and oxygen atoms in total. The van der Waals surface area contributed by atoms with E-state index in [9.17, 15) is 0 Å². The maximum atomic E-state index is 6.34. The fourth-order valence-electron chi connectivity index (χ4n) is 3.89. The van der Waals surface area contributed by atoms with E-state index in [0.29, 0.717) is 12.0 Å². The molecule has 1 aliphatic heterocycles. The summed E-state index contributed by atoms with van der Waals surface area (Å²) in [6.07, 6.45) is 3.86. The zero-order valence-electron chi connectivity index (χ0n) is 13.2. The normalized spacial score (nSPS) is 31.3. The Hall–Kier alpha value is -1.06. The van der Waals surface area contributed by atoms with Crippen molar-refractivity contribution in [2.75, 3.05) is 37.6 Å². The third-order valence-electron chi connectivity index (χ3n) is 5.29. The van der Waals surface area contributed by atoms with Crippen LogP contribution in [0.25, 0.3) is 0 Å². The Balaban J connectivity index is 1.49. The minimum absolute atomic E-state index is 0.424. The van der Waals surface area contributed by atoms with Crippen LogP contribution in [0.2, 0.25) is 0 Å². The third-order valence-corrected chi connectivity index (χ3v) is 5.29. The van der Waals surface area contributed by atoms with Gasteiger partial charge in [0.25, 0.3) is 0 Å². The number of hydrogen-bond donors (Lipinski definition) is 1. The van der Waals surface area contributed by atoms with Gasteiger partial charge in [0.2, 0.25) is 0 Å². The zero-order valence-corrected chi connectivity index (χ0v) is 13.2. The third kappa shape index (κ3) is 3.78. The Kier molecular flexibility index (Phi) is 4.81. The molecule has 3 rings (SSSR count). The van der Waals surface area contributed by atoms with Crippen LogP contribution >= 0.6 is 0 Å². The molecule has 3 heteroatoms. The van der Waals surface area contributed by atoms with Crippen molar-refractivity contribution in [3.05, 3.63) is 30.3 Å². The number of hydrogen-bond acceptors (Lipinski definition) is 3. The molecule has 1 aliphatic carbocycles. The van der Waals surface area contributed by atoms with E-state index < -0.39 is 0 Å². The number of anilines is 1. The molecule has 21 heavy (non-hydrogen) atoms. The smallest absolute Gasteiger partial charge is 0.0367 e. The van der Waals surface area contributed by atoms with Crippen LogP contribution in [0.15, 0.2) is 30.3 Å². The second-order valence-corrected chi connectivity index (χ2v) is 6.97. The van der Waals surface area contributed by atoms with Gasteiger partial charge in [0.1, 0.15) is 0 Å². The monoisotopic (exact) mass is 287 g/mol. The van der Waals surface area contributed by atoms with Gasteiger partial charge >= 0.3 is 0 Å². The molecule has 2 fully saturated rings. The van der Waals surface area contributed by atoms with Gasteiger partial charge in [-0.25, -0.2) is 0 Å². The average Bonchev–Trinajstić information content (AvgIpc) is 2.53. The molecule has 3 atom stereocenters. The summed E-state index contributed by atoms with van der Waals surface area (Å²) in [6, 6.07) is 11.2. The van der Waals surface area contributed by atoms with E-state index in [1.165, 1.54) is 44.6 Å². The highest BCUT2D eigenvalue weighted by molar-refractivity contribution is 5.46. The highest BCUT2D eigenvalue weighted by atomic mass is 15.3. The molecule has 0 spiro atoms. The molecular weight excluding hydrogens is 258 g/mol. The Labute approximate surface area is 129 Å². The van der Waals surface area contributed by atoms with E-state index in [-0.39, 0.29) is 0 Å². The van der Waals surface area contributed by atoms with Crippen molar-refractivity contribution < 1.29 is 0 Å². The van der Waals surface area contributed by atoms with Crippen LogP contribution in [0.5, 0.6) is 0 Å². The van der Waals surface area contributed by atoms with Gasteiger partial charge in [-0.1, -0.05) is 25.1 Å². The van der Waals surface area contributed by atoms with Crippen molar-refractivity contribution in [1.29, 1.82) is 0 Å². The molecular formula is C18H29N3. The van der Waals surface area contributed by atoms with Crippen LogP contribution in [0.4, 0.5) is 5.69 Å². The number of nitrogens with zero attached hydrogens (tertiary/aromatic N) is 2. The fraction of sp³-hybridized carbons (Fsp3) is 0.667. The minimum Gasteiger partial charge on any atom is -0.369 e. The van der Waals surface area contributed by atoms with Crippen molar-refractivity contribution in [2.45, 2.75) is 32.2 Å². The van der Waals surface area contributed by atoms with Gasteiger partial charge in [0, 0.05) is 44.5 Å². The first-order chi connectivity index (χ1) is 10.2. The van der Waals surface area contributed by atoms with E-state index in [1.807, 2.05) is 0 Å². The summed E-state index contributed by atoms with van der Waals surface area (Å²) in [6.45, 7) is 8.21. The Morgan fingerprint density at radius 2 is 1.76 bits per heavy atom. The van der Waals surface area contributed by atoms with E-state index in [2.05, 4.69) is 47.1 Å². The summed E-state index contributed by atoms with van der Waals surface area (Å²) in [7, 11) is 0. The largest absolute Gasteiger partial charge is 0.369 e. The summed E-state index contributed by atoms with van der Waals surface area (Å²) < 4.78 is 0. The van der Waals surface area contributed by atoms with Gasteiger partial charge in [0.05, 0.1) is 0 Å². The lowest BCUT2D eigenvalue weighted by atomic mass is 9.79. The number of benzene rings is 1. The van der Waals surface area contributed by atoms with Crippen molar-refractivity contribution in [3.8, 4) is 0 Å². The van der Waals surface area contributed by atoms with Crippen LogP contribution in [0, 0.1) is 11.8 Å². The van der Waals surface area contributed by atoms with Crippen molar-refractivity contribution >= 4 is 5.69 Å². The van der Waals surface area contributed by atoms with Crippen LogP contribution in [0.1, 0.15) is 26.2 Å². The molecule has 0 amide bonds. The SMILES string of the molecule is CC1CCC(N)C(CN2CCN(c3ccccc3)CC2)C1. The van der Waals surface area contributed by atoms with E-state index in [1.54, 1.807) is 0 Å². The van der Waals surface area contributed by atoms with Crippen LogP contribution in [-0.4, -0.2) is 43.7 Å². The predicted octanol–water partition coefficient (Wildman–Crippen LogP) is 2.57. The second-order valence-electron chi connectivity index (χ2n) is 6.97. The highest BCUT2D eigenvalue weighted by Crippen LogP contribution is 2.29. The van der Waals surface area contributed by atoms with Gasteiger partial charge in [0.15, 0.2) is 0 Å². The summed E-state index contributed by atoms with van der Waals surface area (Å²) >= 11 is 0. The first-order valence-electron chi connectivity index (χ1n) is 8.50. The standard InChI is InChI=1S/C18H29N3/c1-15-7-8-18(19)16(13-15)14-20-9-11-21(12-10-20)17-5-3-2-4-6-17/h2-6,15-16,18H,7-14,19H2,1H3. The maximum Gasteiger partial charge on any atom is 0.0367 e. The Morgan fingerprint density at radius 3 is 2.48 bits per heavy atom. The van der Waals surface area contributed by atoms with Gasteiger partial charge in [-0.2, -0.15) is 0 Å². The first-order valence-corrected chi connectivity index (χ1v) is 8.50. The zero-order chi connectivity index (χ0) is 14.7. The molecule has 3 unspecified atom stereocenters. The topological polar surface area (TPSA) is 32.5 Å².